The third kappa shape index (κ3) is 3.60. The number of nitrogens with two attached hydrogens (primary N) is 1. The summed E-state index contributed by atoms with van der Waals surface area (Å²) >= 11 is 2.13. The van der Waals surface area contributed by atoms with E-state index in [1.807, 2.05) is 0 Å². The third-order valence-corrected chi connectivity index (χ3v) is 5.52. The molecule has 2 atom stereocenters. The first kappa shape index (κ1) is 13.7. The normalized spacial score (nSPS) is 30.4. The van der Waals surface area contributed by atoms with Gasteiger partial charge in [0.1, 0.15) is 0 Å². The van der Waals surface area contributed by atoms with E-state index < -0.39 is 0 Å². The molecule has 2 aliphatic heterocycles. The van der Waals surface area contributed by atoms with Crippen LogP contribution >= 0.6 is 11.8 Å². The Labute approximate surface area is 109 Å². The lowest BCUT2D eigenvalue weighted by Crippen LogP contribution is -2.52. The van der Waals surface area contributed by atoms with Crippen molar-refractivity contribution in [2.45, 2.75) is 37.5 Å². The van der Waals surface area contributed by atoms with Crippen LogP contribution in [0.5, 0.6) is 0 Å². The van der Waals surface area contributed by atoms with E-state index in [4.69, 9.17) is 10.5 Å². The van der Waals surface area contributed by atoms with Gasteiger partial charge in [-0.2, -0.15) is 11.8 Å². The summed E-state index contributed by atoms with van der Waals surface area (Å²) in [7, 11) is 0. The summed E-state index contributed by atoms with van der Waals surface area (Å²) in [4.78, 5) is 2.65. The van der Waals surface area contributed by atoms with Crippen LogP contribution in [0.2, 0.25) is 0 Å². The number of hydrogen-bond acceptors (Lipinski definition) is 4. The molecule has 0 aromatic rings. The van der Waals surface area contributed by atoms with Gasteiger partial charge in [-0.3, -0.25) is 4.90 Å². The molecule has 0 amide bonds. The second kappa shape index (κ2) is 6.98. The second-order valence-electron chi connectivity index (χ2n) is 5.15. The van der Waals surface area contributed by atoms with Gasteiger partial charge in [-0.1, -0.05) is 6.92 Å². The molecule has 0 spiro atoms. The average Bonchev–Trinajstić information content (AvgIpc) is 2.41. The molecule has 4 heteroatoms. The van der Waals surface area contributed by atoms with E-state index >= 15 is 0 Å². The van der Waals surface area contributed by atoms with Gasteiger partial charge in [0.15, 0.2) is 0 Å². The Hall–Kier alpha value is 0.230. The first-order valence-corrected chi connectivity index (χ1v) is 8.03. The molecular weight excluding hydrogens is 232 g/mol. The van der Waals surface area contributed by atoms with Crippen LogP contribution in [0, 0.1) is 5.92 Å². The molecule has 0 bridgehead atoms. The van der Waals surface area contributed by atoms with Gasteiger partial charge < -0.3 is 10.5 Å². The van der Waals surface area contributed by atoms with Gasteiger partial charge in [0.05, 0.1) is 0 Å². The second-order valence-corrected chi connectivity index (χ2v) is 6.56. The average molecular weight is 258 g/mol. The summed E-state index contributed by atoms with van der Waals surface area (Å²) in [5.41, 5.74) is 6.03. The highest BCUT2D eigenvalue weighted by molar-refractivity contribution is 8.00. The lowest BCUT2D eigenvalue weighted by atomic mass is 9.90. The molecule has 0 saturated carbocycles. The Kier molecular flexibility index (Phi) is 5.60. The van der Waals surface area contributed by atoms with Crippen molar-refractivity contribution in [3.05, 3.63) is 0 Å². The highest BCUT2D eigenvalue weighted by atomic mass is 32.2. The van der Waals surface area contributed by atoms with E-state index in [0.717, 1.165) is 30.9 Å². The molecule has 2 N–H and O–H groups in total. The first-order valence-electron chi connectivity index (χ1n) is 6.98. The lowest BCUT2D eigenvalue weighted by molar-refractivity contribution is 0.0283. The maximum atomic E-state index is 6.03. The minimum atomic E-state index is 0.592. The molecule has 2 fully saturated rings. The van der Waals surface area contributed by atoms with E-state index in [1.165, 1.54) is 38.1 Å². The topological polar surface area (TPSA) is 38.5 Å². The zero-order valence-corrected chi connectivity index (χ0v) is 11.8. The van der Waals surface area contributed by atoms with Crippen molar-refractivity contribution in [1.29, 1.82) is 0 Å². The van der Waals surface area contributed by atoms with Gasteiger partial charge in [-0.25, -0.2) is 0 Å². The predicted octanol–water partition coefficient (Wildman–Crippen LogP) is 1.57. The molecule has 2 rings (SSSR count). The predicted molar refractivity (Wildman–Crippen MR) is 74.5 cm³/mol. The molecular formula is C13H26N2OS. The molecule has 100 valence electrons. The summed E-state index contributed by atoms with van der Waals surface area (Å²) in [6.07, 6.45) is 3.68. The van der Waals surface area contributed by atoms with E-state index in [0.29, 0.717) is 6.04 Å². The first-order chi connectivity index (χ1) is 8.35. The van der Waals surface area contributed by atoms with Crippen LogP contribution in [0.4, 0.5) is 0 Å². The zero-order valence-electron chi connectivity index (χ0n) is 10.9. The van der Waals surface area contributed by atoms with Gasteiger partial charge in [-0.05, 0) is 25.2 Å². The van der Waals surface area contributed by atoms with Crippen molar-refractivity contribution >= 4 is 11.8 Å². The Bertz CT molecular complexity index is 221. The molecule has 0 radical (unpaired) electrons. The van der Waals surface area contributed by atoms with E-state index in [-0.39, 0.29) is 0 Å². The van der Waals surface area contributed by atoms with Crippen molar-refractivity contribution in [1.82, 2.24) is 4.90 Å². The lowest BCUT2D eigenvalue weighted by Gasteiger charge is -2.42. The Balaban J connectivity index is 1.91. The largest absolute Gasteiger partial charge is 0.381 e. The number of rotatable bonds is 4. The number of ether oxygens (including phenoxy) is 1. The molecule has 17 heavy (non-hydrogen) atoms. The van der Waals surface area contributed by atoms with Gasteiger partial charge in [0.25, 0.3) is 0 Å². The minimum absolute atomic E-state index is 0.592. The molecule has 2 unspecified atom stereocenters. The fourth-order valence-corrected chi connectivity index (χ4v) is 4.24. The monoisotopic (exact) mass is 258 g/mol. The Morgan fingerprint density at radius 3 is 2.82 bits per heavy atom. The quantitative estimate of drug-likeness (QED) is 0.831. The molecule has 0 aromatic carbocycles. The van der Waals surface area contributed by atoms with Crippen LogP contribution in [0.15, 0.2) is 0 Å². The maximum Gasteiger partial charge on any atom is 0.0469 e. The standard InChI is InChI=1S/C13H26N2OS/c1-2-12-10-15(5-8-17-12)13(9-14)11-3-6-16-7-4-11/h11-13H,2-10,14H2,1H3. The van der Waals surface area contributed by atoms with E-state index in [2.05, 4.69) is 23.6 Å². The van der Waals surface area contributed by atoms with Crippen LogP contribution in [0.1, 0.15) is 26.2 Å². The van der Waals surface area contributed by atoms with Crippen LogP contribution < -0.4 is 5.73 Å². The van der Waals surface area contributed by atoms with E-state index in [9.17, 15) is 0 Å². The van der Waals surface area contributed by atoms with Gasteiger partial charge in [0.2, 0.25) is 0 Å². The fourth-order valence-electron chi connectivity index (χ4n) is 3.03. The minimum Gasteiger partial charge on any atom is -0.381 e. The van der Waals surface area contributed by atoms with Crippen molar-refractivity contribution in [2.75, 3.05) is 38.6 Å². The highest BCUT2D eigenvalue weighted by Gasteiger charge is 2.31. The van der Waals surface area contributed by atoms with Crippen molar-refractivity contribution < 1.29 is 4.74 Å². The van der Waals surface area contributed by atoms with Crippen LogP contribution in [-0.4, -0.2) is 54.8 Å². The summed E-state index contributed by atoms with van der Waals surface area (Å²) < 4.78 is 5.46. The maximum absolute atomic E-state index is 6.03. The summed E-state index contributed by atoms with van der Waals surface area (Å²) in [6.45, 7) is 7.43. The molecule has 3 nitrogen and oxygen atoms in total. The number of thioether (sulfide) groups is 1. The number of hydrogen-bond donors (Lipinski definition) is 1. The van der Waals surface area contributed by atoms with Crippen LogP contribution in [0.25, 0.3) is 0 Å². The third-order valence-electron chi connectivity index (χ3n) is 4.15. The Morgan fingerprint density at radius 1 is 1.41 bits per heavy atom. The summed E-state index contributed by atoms with van der Waals surface area (Å²) in [5.74, 6) is 2.03. The Morgan fingerprint density at radius 2 is 2.18 bits per heavy atom. The summed E-state index contributed by atoms with van der Waals surface area (Å²) in [6, 6.07) is 0.592. The van der Waals surface area contributed by atoms with Gasteiger partial charge in [-0.15, -0.1) is 0 Å². The molecule has 2 saturated heterocycles. The van der Waals surface area contributed by atoms with Crippen LogP contribution in [-0.2, 0) is 4.74 Å². The molecule has 0 aromatic heterocycles. The zero-order chi connectivity index (χ0) is 12.1. The van der Waals surface area contributed by atoms with Gasteiger partial charge in [0, 0.05) is 49.9 Å². The SMILES string of the molecule is CCC1CN(C(CN)C2CCOCC2)CCS1. The molecule has 2 aliphatic rings. The highest BCUT2D eigenvalue weighted by Crippen LogP contribution is 2.28. The van der Waals surface area contributed by atoms with Gasteiger partial charge >= 0.3 is 0 Å². The van der Waals surface area contributed by atoms with E-state index in [1.54, 1.807) is 0 Å². The molecule has 2 heterocycles. The smallest absolute Gasteiger partial charge is 0.0469 e. The molecule has 0 aliphatic carbocycles. The van der Waals surface area contributed by atoms with Crippen molar-refractivity contribution in [3.8, 4) is 0 Å². The van der Waals surface area contributed by atoms with Crippen molar-refractivity contribution in [3.63, 3.8) is 0 Å². The fraction of sp³-hybridized carbons (Fsp3) is 1.00. The van der Waals surface area contributed by atoms with Crippen molar-refractivity contribution in [2.24, 2.45) is 11.7 Å². The summed E-state index contributed by atoms with van der Waals surface area (Å²) in [5, 5.41) is 0.817. The van der Waals surface area contributed by atoms with Crippen LogP contribution in [0.3, 0.4) is 0 Å². The number of nitrogens with zero attached hydrogens (tertiary/aromatic N) is 1.